The maximum Gasteiger partial charge on any atom is 0.346 e. The molecule has 0 saturated carbocycles. The summed E-state index contributed by atoms with van der Waals surface area (Å²) in [5, 5.41) is 1.56. The largest absolute Gasteiger partial charge is 0.346 e. The maximum atomic E-state index is 11.3. The van der Waals surface area contributed by atoms with Crippen LogP contribution in [0.5, 0.6) is 0 Å². The first kappa shape index (κ1) is 13.7. The summed E-state index contributed by atoms with van der Waals surface area (Å²) in [4.78, 5) is 34.1. The monoisotopic (exact) mass is 277 g/mol. The number of nitrogens with one attached hydrogen (secondary N) is 1. The van der Waals surface area contributed by atoms with Crippen LogP contribution in [0, 0.1) is 0 Å². The molecule has 0 aromatic carbocycles. The van der Waals surface area contributed by atoms with Gasteiger partial charge in [0.2, 0.25) is 0 Å². The fraction of sp³-hybridized carbons (Fsp3) is 1.00. The molecule has 0 spiro atoms. The lowest BCUT2D eigenvalue weighted by Crippen LogP contribution is -2.52. The molecule has 0 bridgehead atoms. The van der Waals surface area contributed by atoms with E-state index in [2.05, 4.69) is 17.9 Å². The first-order chi connectivity index (χ1) is 6.63. The van der Waals surface area contributed by atoms with E-state index in [1.54, 1.807) is 0 Å². The average Bonchev–Trinajstić information content (AvgIpc) is 2.00. The number of thiol groups is 1. The third-order valence-electron chi connectivity index (χ3n) is 2.52. The average molecular weight is 277 g/mol. The molecule has 0 amide bonds. The lowest BCUT2D eigenvalue weighted by molar-refractivity contribution is 0.287. The van der Waals surface area contributed by atoms with Crippen LogP contribution in [0.2, 0.25) is 0 Å². The second-order valence-electron chi connectivity index (χ2n) is 3.45. The van der Waals surface area contributed by atoms with E-state index < -0.39 is 31.9 Å². The summed E-state index contributed by atoms with van der Waals surface area (Å²) in [6.07, 6.45) is 0.194. The van der Waals surface area contributed by atoms with Gasteiger partial charge in [-0.3, -0.25) is 9.13 Å². The summed E-state index contributed by atoms with van der Waals surface area (Å²) in [6, 6.07) is 0. The highest BCUT2D eigenvalue weighted by Gasteiger charge is 2.64. The molecule has 0 aromatic heterocycles. The van der Waals surface area contributed by atoms with Gasteiger partial charge in [0.15, 0.2) is 4.90 Å². The van der Waals surface area contributed by atoms with Gasteiger partial charge in [0.1, 0.15) is 0 Å². The second-order valence-corrected chi connectivity index (χ2v) is 8.20. The molecule has 10 heteroatoms. The molecule has 0 aliphatic carbocycles. The first-order valence-electron chi connectivity index (χ1n) is 4.13. The predicted molar refractivity (Wildman–Crippen MR) is 57.1 cm³/mol. The summed E-state index contributed by atoms with van der Waals surface area (Å²) >= 11 is 3.90. The molecule has 15 heavy (non-hydrogen) atoms. The Balaban J connectivity index is 3.30. The zero-order valence-corrected chi connectivity index (χ0v) is 10.3. The minimum absolute atomic E-state index is 0.194. The van der Waals surface area contributed by atoms with E-state index in [-0.39, 0.29) is 6.42 Å². The highest BCUT2D eigenvalue weighted by Crippen LogP contribution is 2.71. The van der Waals surface area contributed by atoms with Crippen molar-refractivity contribution in [2.75, 3.05) is 13.1 Å². The van der Waals surface area contributed by atoms with Gasteiger partial charge in [-0.2, -0.15) is 12.6 Å². The molecule has 1 aliphatic rings. The molecule has 7 nitrogen and oxygen atoms in total. The topological polar surface area (TPSA) is 127 Å². The minimum atomic E-state index is -4.95. The summed E-state index contributed by atoms with van der Waals surface area (Å²) < 4.78 is 22.6. The Morgan fingerprint density at radius 2 is 1.67 bits per heavy atom. The van der Waals surface area contributed by atoms with Crippen LogP contribution in [0.4, 0.5) is 0 Å². The Hall–Kier alpha value is 0.610. The molecule has 1 rings (SSSR count). The van der Waals surface area contributed by atoms with Crippen LogP contribution in [-0.2, 0) is 9.13 Å². The fourth-order valence-electron chi connectivity index (χ4n) is 1.62. The molecule has 5 N–H and O–H groups in total. The number of piperidine rings is 1. The SMILES string of the molecule is O=P(O)(O)C1(P(=O)(O)O)CNCCC1S. The van der Waals surface area contributed by atoms with Gasteiger partial charge in [0.25, 0.3) is 0 Å². The van der Waals surface area contributed by atoms with Crippen molar-refractivity contribution < 1.29 is 28.7 Å². The number of hydrogen-bond donors (Lipinski definition) is 6. The predicted octanol–water partition coefficient (Wildman–Crippen LogP) is -0.670. The lowest BCUT2D eigenvalue weighted by atomic mass is 10.1. The van der Waals surface area contributed by atoms with Crippen molar-refractivity contribution in [3.63, 3.8) is 0 Å². The van der Waals surface area contributed by atoms with E-state index in [0.29, 0.717) is 6.54 Å². The van der Waals surface area contributed by atoms with Gasteiger partial charge in [0.05, 0.1) is 0 Å². The van der Waals surface area contributed by atoms with Crippen molar-refractivity contribution in [1.29, 1.82) is 0 Å². The van der Waals surface area contributed by atoms with E-state index in [9.17, 15) is 9.13 Å². The summed E-state index contributed by atoms with van der Waals surface area (Å²) in [7, 11) is -9.90. The van der Waals surface area contributed by atoms with E-state index in [4.69, 9.17) is 19.6 Å². The summed E-state index contributed by atoms with van der Waals surface area (Å²) in [6.45, 7) is -0.00829. The Morgan fingerprint density at radius 1 is 1.20 bits per heavy atom. The zero-order chi connectivity index (χ0) is 11.9. The van der Waals surface area contributed by atoms with Crippen LogP contribution < -0.4 is 5.32 Å². The first-order valence-corrected chi connectivity index (χ1v) is 7.87. The van der Waals surface area contributed by atoms with Gasteiger partial charge in [-0.05, 0) is 13.0 Å². The summed E-state index contributed by atoms with van der Waals surface area (Å²) in [5.41, 5.74) is 0. The second kappa shape index (κ2) is 4.13. The van der Waals surface area contributed by atoms with Gasteiger partial charge in [-0.25, -0.2) is 0 Å². The van der Waals surface area contributed by atoms with Crippen molar-refractivity contribution in [2.24, 2.45) is 0 Å². The molecule has 1 aliphatic heterocycles. The molecule has 90 valence electrons. The zero-order valence-electron chi connectivity index (χ0n) is 7.65. The molecule has 0 aromatic rings. The molecule has 1 unspecified atom stereocenters. The van der Waals surface area contributed by atoms with Crippen LogP contribution in [0.3, 0.4) is 0 Å². The van der Waals surface area contributed by atoms with Crippen LogP contribution in [0.15, 0.2) is 0 Å². The molecule has 0 radical (unpaired) electrons. The minimum Gasteiger partial charge on any atom is -0.324 e. The Morgan fingerprint density at radius 3 is 1.93 bits per heavy atom. The smallest absolute Gasteiger partial charge is 0.324 e. The van der Waals surface area contributed by atoms with Gasteiger partial charge < -0.3 is 24.9 Å². The normalized spacial score (nSPS) is 27.7. The Kier molecular flexibility index (Phi) is 3.76. The summed E-state index contributed by atoms with van der Waals surface area (Å²) in [5.74, 6) is 0. The van der Waals surface area contributed by atoms with Gasteiger partial charge in [-0.15, -0.1) is 0 Å². The van der Waals surface area contributed by atoms with Crippen LogP contribution >= 0.6 is 27.8 Å². The van der Waals surface area contributed by atoms with Crippen molar-refractivity contribution in [2.45, 2.75) is 16.6 Å². The Bertz CT molecular complexity index is 314. The van der Waals surface area contributed by atoms with Crippen molar-refractivity contribution in [3.8, 4) is 0 Å². The molecule has 1 heterocycles. The van der Waals surface area contributed by atoms with E-state index in [1.807, 2.05) is 0 Å². The van der Waals surface area contributed by atoms with Gasteiger partial charge >= 0.3 is 15.2 Å². The van der Waals surface area contributed by atoms with Crippen LogP contribution in [0.25, 0.3) is 0 Å². The lowest BCUT2D eigenvalue weighted by Gasteiger charge is -2.41. The van der Waals surface area contributed by atoms with Crippen molar-refractivity contribution in [3.05, 3.63) is 0 Å². The molecule has 1 atom stereocenters. The fourth-order valence-corrected chi connectivity index (χ4v) is 5.77. The number of rotatable bonds is 2. The van der Waals surface area contributed by atoms with Gasteiger partial charge in [0, 0.05) is 11.8 Å². The van der Waals surface area contributed by atoms with Gasteiger partial charge in [-0.1, -0.05) is 0 Å². The van der Waals surface area contributed by atoms with Crippen molar-refractivity contribution >= 4 is 27.8 Å². The quantitative estimate of drug-likeness (QED) is 0.292. The maximum absolute atomic E-state index is 11.3. The van der Waals surface area contributed by atoms with E-state index in [0.717, 1.165) is 0 Å². The highest BCUT2D eigenvalue weighted by molar-refractivity contribution is 7.84. The van der Waals surface area contributed by atoms with E-state index >= 15 is 0 Å². The molecular formula is C5H13NO6P2S. The number of hydrogen-bond acceptors (Lipinski definition) is 4. The van der Waals surface area contributed by atoms with Crippen LogP contribution in [-0.4, -0.2) is 42.8 Å². The Labute approximate surface area is 92.0 Å². The standard InChI is InChI=1S/C5H13NO6P2S/c7-13(8,9)5(14(10,11)12)3-6-2-1-4(5)15/h4,6,15H,1-3H2,(H2,7,8,9)(H2,10,11,12). The molecule has 1 saturated heterocycles. The van der Waals surface area contributed by atoms with E-state index in [1.165, 1.54) is 0 Å². The van der Waals surface area contributed by atoms with Crippen LogP contribution in [0.1, 0.15) is 6.42 Å². The third kappa shape index (κ3) is 2.18. The van der Waals surface area contributed by atoms with Crippen molar-refractivity contribution in [1.82, 2.24) is 5.32 Å². The highest BCUT2D eigenvalue weighted by atomic mass is 32.1. The molecular weight excluding hydrogens is 264 g/mol. The third-order valence-corrected chi connectivity index (χ3v) is 8.15. The molecule has 1 fully saturated rings.